The molecule has 1 heterocycles. The Morgan fingerprint density at radius 2 is 1.86 bits per heavy atom. The van der Waals surface area contributed by atoms with E-state index in [2.05, 4.69) is 5.10 Å². The molecular formula is C26H29F2N3O4. The predicted octanol–water partition coefficient (Wildman–Crippen LogP) is 5.07. The summed E-state index contributed by atoms with van der Waals surface area (Å²) in [6.07, 6.45) is 2.13. The lowest BCUT2D eigenvalue weighted by molar-refractivity contribution is -0.0511. The number of benzene rings is 2. The lowest BCUT2D eigenvalue weighted by Gasteiger charge is -2.25. The molecule has 0 radical (unpaired) electrons. The van der Waals surface area contributed by atoms with Crippen LogP contribution >= 0.6 is 0 Å². The predicted molar refractivity (Wildman–Crippen MR) is 126 cm³/mol. The highest BCUT2D eigenvalue weighted by Gasteiger charge is 2.30. The lowest BCUT2D eigenvalue weighted by atomic mass is 10.1. The summed E-state index contributed by atoms with van der Waals surface area (Å²) in [5.41, 5.74) is 3.12. The van der Waals surface area contributed by atoms with Gasteiger partial charge in [0.1, 0.15) is 22.9 Å². The lowest BCUT2D eigenvalue weighted by Crippen LogP contribution is -2.32. The van der Waals surface area contributed by atoms with E-state index in [-0.39, 0.29) is 24.7 Å². The van der Waals surface area contributed by atoms with Crippen LogP contribution in [0.4, 0.5) is 8.78 Å². The Labute approximate surface area is 203 Å². The molecule has 0 saturated heterocycles. The number of halogens is 2. The molecule has 186 valence electrons. The summed E-state index contributed by atoms with van der Waals surface area (Å²) in [4.78, 5) is 15.4. The van der Waals surface area contributed by atoms with Gasteiger partial charge < -0.3 is 19.1 Å². The smallest absolute Gasteiger partial charge is 0.387 e. The number of rotatable bonds is 10. The topological polar surface area (TPSA) is 65.8 Å². The average molecular weight is 486 g/mol. The van der Waals surface area contributed by atoms with E-state index in [1.54, 1.807) is 68.1 Å². The van der Waals surface area contributed by atoms with Crippen molar-refractivity contribution in [3.05, 3.63) is 70.5 Å². The quantitative estimate of drug-likeness (QED) is 0.401. The van der Waals surface area contributed by atoms with Gasteiger partial charge in [-0.1, -0.05) is 18.2 Å². The number of aryl methyl sites for hydroxylation is 2. The van der Waals surface area contributed by atoms with E-state index >= 15 is 0 Å². The molecule has 1 aromatic heterocycles. The van der Waals surface area contributed by atoms with Crippen molar-refractivity contribution in [2.24, 2.45) is 7.05 Å². The van der Waals surface area contributed by atoms with Gasteiger partial charge in [0.2, 0.25) is 0 Å². The van der Waals surface area contributed by atoms with Crippen molar-refractivity contribution in [3.8, 4) is 17.2 Å². The number of nitrogens with zero attached hydrogens (tertiary/aromatic N) is 3. The molecule has 0 unspecified atom stereocenters. The number of alkyl halides is 2. The van der Waals surface area contributed by atoms with Gasteiger partial charge in [0.15, 0.2) is 0 Å². The van der Waals surface area contributed by atoms with Gasteiger partial charge in [-0.05, 0) is 43.5 Å². The first-order valence-electron chi connectivity index (χ1n) is 11.4. The number of hydrogen-bond acceptors (Lipinski definition) is 5. The van der Waals surface area contributed by atoms with Crippen molar-refractivity contribution in [1.29, 1.82) is 0 Å². The molecule has 7 nitrogen and oxygen atoms in total. The largest absolute Gasteiger partial charge is 0.497 e. The van der Waals surface area contributed by atoms with Crippen LogP contribution in [0.1, 0.15) is 51.6 Å². The number of carbonyl (C=O) groups excluding carboxylic acids is 1. The van der Waals surface area contributed by atoms with Crippen LogP contribution in [0.2, 0.25) is 0 Å². The Balaban J connectivity index is 1.71. The molecule has 9 heteroatoms. The summed E-state index contributed by atoms with van der Waals surface area (Å²) in [7, 11) is 4.85. The molecule has 0 bridgehead atoms. The molecular weight excluding hydrogens is 456 g/mol. The van der Waals surface area contributed by atoms with Gasteiger partial charge in [-0.2, -0.15) is 13.9 Å². The Morgan fingerprint density at radius 3 is 2.51 bits per heavy atom. The Hall–Kier alpha value is -3.62. The molecule has 4 rings (SSSR count). The van der Waals surface area contributed by atoms with E-state index in [1.165, 1.54) is 0 Å². The first kappa shape index (κ1) is 24.5. The second-order valence-corrected chi connectivity index (χ2v) is 8.63. The minimum atomic E-state index is -2.97. The van der Waals surface area contributed by atoms with Gasteiger partial charge in [0, 0.05) is 30.2 Å². The molecule has 2 aromatic carbocycles. The van der Waals surface area contributed by atoms with Crippen molar-refractivity contribution in [2.45, 2.75) is 45.4 Å². The summed E-state index contributed by atoms with van der Waals surface area (Å²) >= 11 is 0. The normalized spacial score (nSPS) is 13.1. The molecule has 1 fully saturated rings. The van der Waals surface area contributed by atoms with Crippen LogP contribution in [0.5, 0.6) is 17.2 Å². The number of para-hydroxylation sites is 1. The molecule has 1 saturated carbocycles. The number of aromatic nitrogens is 2. The van der Waals surface area contributed by atoms with Crippen LogP contribution < -0.4 is 14.2 Å². The van der Waals surface area contributed by atoms with Gasteiger partial charge in [-0.3, -0.25) is 9.48 Å². The molecule has 0 N–H and O–H groups in total. The Kier molecular flexibility index (Phi) is 7.23. The molecule has 1 aliphatic carbocycles. The van der Waals surface area contributed by atoms with E-state index in [0.29, 0.717) is 34.2 Å². The van der Waals surface area contributed by atoms with Crippen molar-refractivity contribution in [2.75, 3.05) is 14.2 Å². The zero-order valence-electron chi connectivity index (χ0n) is 20.3. The fourth-order valence-electron chi connectivity index (χ4n) is 4.12. The van der Waals surface area contributed by atoms with Crippen LogP contribution in [-0.2, 0) is 20.1 Å². The second kappa shape index (κ2) is 10.3. The molecule has 3 aromatic rings. The van der Waals surface area contributed by atoms with Crippen molar-refractivity contribution in [1.82, 2.24) is 14.7 Å². The van der Waals surface area contributed by atoms with E-state index in [1.807, 2.05) is 12.1 Å². The average Bonchev–Trinajstić information content (AvgIpc) is 3.62. The molecule has 1 amide bonds. The van der Waals surface area contributed by atoms with Crippen molar-refractivity contribution >= 4 is 5.91 Å². The highest BCUT2D eigenvalue weighted by atomic mass is 19.3. The number of amides is 1. The summed E-state index contributed by atoms with van der Waals surface area (Å²) in [6, 6.07) is 12.3. The summed E-state index contributed by atoms with van der Waals surface area (Å²) in [5, 5.41) is 4.52. The molecule has 0 atom stereocenters. The third-order valence-corrected chi connectivity index (χ3v) is 6.12. The number of ether oxygens (including phenoxy) is 3. The van der Waals surface area contributed by atoms with Crippen LogP contribution in [0.15, 0.2) is 42.5 Å². The van der Waals surface area contributed by atoms with Crippen LogP contribution in [0.25, 0.3) is 0 Å². The van der Waals surface area contributed by atoms with Gasteiger partial charge in [0.25, 0.3) is 5.91 Å². The van der Waals surface area contributed by atoms with Gasteiger partial charge in [0.05, 0.1) is 33.0 Å². The standard InChI is InChI=1S/C26H29F2N3O4/c1-16-6-5-7-19(24(16)35-26(27)28)15-31(14-18-10-11-20(33-3)12-23(18)34-4)25(32)22-13-21(17-8-9-17)29-30(22)2/h5-7,10-13,17,26H,8-9,14-15H2,1-4H3. The Morgan fingerprint density at radius 1 is 1.11 bits per heavy atom. The highest BCUT2D eigenvalue weighted by Crippen LogP contribution is 2.39. The maximum Gasteiger partial charge on any atom is 0.387 e. The third-order valence-electron chi connectivity index (χ3n) is 6.12. The fraction of sp³-hybridized carbons (Fsp3) is 0.385. The Bertz CT molecular complexity index is 1210. The third kappa shape index (κ3) is 5.55. The first-order valence-corrected chi connectivity index (χ1v) is 11.4. The molecule has 0 aliphatic heterocycles. The van der Waals surface area contributed by atoms with Crippen LogP contribution in [0, 0.1) is 6.92 Å². The molecule has 0 spiro atoms. The van der Waals surface area contributed by atoms with E-state index in [0.717, 1.165) is 24.1 Å². The monoisotopic (exact) mass is 485 g/mol. The minimum absolute atomic E-state index is 0.0572. The number of hydrogen-bond donors (Lipinski definition) is 0. The first-order chi connectivity index (χ1) is 16.8. The molecule has 35 heavy (non-hydrogen) atoms. The zero-order chi connectivity index (χ0) is 25.1. The minimum Gasteiger partial charge on any atom is -0.497 e. The number of methoxy groups -OCH3 is 2. The maximum absolute atomic E-state index is 13.8. The summed E-state index contributed by atoms with van der Waals surface area (Å²) in [6.45, 7) is -1.04. The van der Waals surface area contributed by atoms with Gasteiger partial charge in [-0.15, -0.1) is 0 Å². The number of carbonyl (C=O) groups is 1. The van der Waals surface area contributed by atoms with Gasteiger partial charge >= 0.3 is 6.61 Å². The summed E-state index contributed by atoms with van der Waals surface area (Å²) < 4.78 is 43.5. The maximum atomic E-state index is 13.8. The highest BCUT2D eigenvalue weighted by molar-refractivity contribution is 5.92. The SMILES string of the molecule is COc1ccc(CN(Cc2cccc(C)c2OC(F)F)C(=O)c2cc(C3CC3)nn2C)c(OC)c1. The van der Waals surface area contributed by atoms with Gasteiger partial charge in [-0.25, -0.2) is 0 Å². The van der Waals surface area contributed by atoms with E-state index in [4.69, 9.17) is 14.2 Å². The second-order valence-electron chi connectivity index (χ2n) is 8.63. The zero-order valence-corrected chi connectivity index (χ0v) is 20.3. The summed E-state index contributed by atoms with van der Waals surface area (Å²) in [5.74, 6) is 1.37. The van der Waals surface area contributed by atoms with E-state index in [9.17, 15) is 13.6 Å². The van der Waals surface area contributed by atoms with Crippen LogP contribution in [-0.4, -0.2) is 41.4 Å². The van der Waals surface area contributed by atoms with E-state index < -0.39 is 6.61 Å². The van der Waals surface area contributed by atoms with Crippen LogP contribution in [0.3, 0.4) is 0 Å². The van der Waals surface area contributed by atoms with Crippen molar-refractivity contribution in [3.63, 3.8) is 0 Å². The molecule has 1 aliphatic rings. The fourth-order valence-corrected chi connectivity index (χ4v) is 4.12. The van der Waals surface area contributed by atoms with Crippen molar-refractivity contribution < 1.29 is 27.8 Å².